The number of hydrogen-bond donors (Lipinski definition) is 1. The molecule has 0 aromatic heterocycles. The third kappa shape index (κ3) is 4.37. The zero-order chi connectivity index (χ0) is 16.1. The van der Waals surface area contributed by atoms with E-state index in [9.17, 15) is 9.59 Å². The van der Waals surface area contributed by atoms with E-state index in [0.717, 1.165) is 25.9 Å². The molecule has 2 fully saturated rings. The Balaban J connectivity index is 1.89. The third-order valence-corrected chi connectivity index (χ3v) is 5.21. The lowest BCUT2D eigenvalue weighted by Gasteiger charge is -2.36. The Morgan fingerprint density at radius 2 is 1.59 bits per heavy atom. The zero-order valence-electron chi connectivity index (χ0n) is 14.3. The van der Waals surface area contributed by atoms with E-state index in [1.54, 1.807) is 6.92 Å². The van der Waals surface area contributed by atoms with Crippen molar-refractivity contribution in [1.29, 1.82) is 0 Å². The molecule has 126 valence electrons. The molecule has 1 heterocycles. The minimum absolute atomic E-state index is 0.0583. The van der Waals surface area contributed by atoms with Crippen molar-refractivity contribution >= 4 is 11.9 Å². The van der Waals surface area contributed by atoms with Crippen LogP contribution in [0, 0.1) is 11.8 Å². The van der Waals surface area contributed by atoms with Gasteiger partial charge in [-0.25, -0.2) is 4.79 Å². The van der Waals surface area contributed by atoms with Gasteiger partial charge in [-0.2, -0.15) is 0 Å². The number of amides is 3. The fourth-order valence-electron chi connectivity index (χ4n) is 3.82. The van der Waals surface area contributed by atoms with E-state index in [1.807, 2.05) is 9.80 Å². The Morgan fingerprint density at radius 1 is 0.955 bits per heavy atom. The maximum Gasteiger partial charge on any atom is 0.317 e. The van der Waals surface area contributed by atoms with Gasteiger partial charge in [0.1, 0.15) is 0 Å². The first-order valence-corrected chi connectivity index (χ1v) is 8.80. The van der Waals surface area contributed by atoms with Crippen molar-refractivity contribution in [2.45, 2.75) is 58.9 Å². The van der Waals surface area contributed by atoms with Gasteiger partial charge in [0.2, 0.25) is 5.91 Å². The molecule has 0 radical (unpaired) electrons. The van der Waals surface area contributed by atoms with Gasteiger partial charge in [0.25, 0.3) is 0 Å². The van der Waals surface area contributed by atoms with Crippen LogP contribution in [0.15, 0.2) is 0 Å². The average Bonchev–Trinajstić information content (AvgIpc) is 2.73. The van der Waals surface area contributed by atoms with Crippen molar-refractivity contribution in [3.63, 3.8) is 0 Å². The van der Waals surface area contributed by atoms with Gasteiger partial charge < -0.3 is 15.1 Å². The van der Waals surface area contributed by atoms with E-state index in [0.29, 0.717) is 31.0 Å². The predicted molar refractivity (Wildman–Crippen MR) is 87.6 cm³/mol. The monoisotopic (exact) mass is 309 g/mol. The highest BCUT2D eigenvalue weighted by Crippen LogP contribution is 2.30. The highest BCUT2D eigenvalue weighted by atomic mass is 16.2. The maximum absolute atomic E-state index is 12.6. The number of urea groups is 1. The van der Waals surface area contributed by atoms with Gasteiger partial charge in [0.15, 0.2) is 0 Å². The van der Waals surface area contributed by atoms with E-state index >= 15 is 0 Å². The van der Waals surface area contributed by atoms with Crippen LogP contribution in [0.4, 0.5) is 4.79 Å². The molecule has 5 nitrogen and oxygen atoms in total. The summed E-state index contributed by atoms with van der Waals surface area (Å²) < 4.78 is 0. The second kappa shape index (κ2) is 7.84. The summed E-state index contributed by atoms with van der Waals surface area (Å²) in [5, 5.41) is 3.28. The van der Waals surface area contributed by atoms with Crippen LogP contribution in [0.2, 0.25) is 0 Å². The van der Waals surface area contributed by atoms with Crippen LogP contribution in [-0.4, -0.2) is 54.0 Å². The van der Waals surface area contributed by atoms with Crippen LogP contribution < -0.4 is 5.32 Å². The van der Waals surface area contributed by atoms with E-state index < -0.39 is 0 Å². The molecule has 0 aromatic rings. The largest absolute Gasteiger partial charge is 0.341 e. The summed E-state index contributed by atoms with van der Waals surface area (Å²) in [4.78, 5) is 27.8. The number of hydrogen-bond acceptors (Lipinski definition) is 2. The van der Waals surface area contributed by atoms with Gasteiger partial charge >= 0.3 is 6.03 Å². The predicted octanol–water partition coefficient (Wildman–Crippen LogP) is 2.46. The minimum atomic E-state index is 0.0583. The lowest BCUT2D eigenvalue weighted by Crippen LogP contribution is -2.50. The summed E-state index contributed by atoms with van der Waals surface area (Å²) in [6.07, 6.45) is 5.69. The SMILES string of the molecule is CC(=O)N1CCCN(C(=O)N[C@H]2CCCC[C@H]2C(C)C)CC1. The molecule has 1 N–H and O–H groups in total. The molecule has 1 saturated carbocycles. The second-order valence-corrected chi connectivity index (χ2v) is 7.09. The first-order valence-electron chi connectivity index (χ1n) is 8.80. The van der Waals surface area contributed by atoms with Crippen molar-refractivity contribution in [3.8, 4) is 0 Å². The van der Waals surface area contributed by atoms with Gasteiger partial charge in [-0.05, 0) is 31.1 Å². The average molecular weight is 309 g/mol. The fourth-order valence-corrected chi connectivity index (χ4v) is 3.82. The molecule has 1 saturated heterocycles. The highest BCUT2D eigenvalue weighted by molar-refractivity contribution is 5.75. The smallest absolute Gasteiger partial charge is 0.317 e. The van der Waals surface area contributed by atoms with Crippen LogP contribution in [0.1, 0.15) is 52.9 Å². The molecule has 5 heteroatoms. The van der Waals surface area contributed by atoms with Gasteiger partial charge in [0.05, 0.1) is 0 Å². The first kappa shape index (κ1) is 17.1. The quantitative estimate of drug-likeness (QED) is 0.852. The Kier molecular flexibility index (Phi) is 6.09. The molecule has 22 heavy (non-hydrogen) atoms. The normalized spacial score (nSPS) is 26.7. The maximum atomic E-state index is 12.6. The molecular formula is C17H31N3O2. The molecule has 0 spiro atoms. The Labute approximate surface area is 134 Å². The molecule has 1 aliphatic heterocycles. The van der Waals surface area contributed by atoms with Gasteiger partial charge in [0, 0.05) is 39.1 Å². The van der Waals surface area contributed by atoms with E-state index in [2.05, 4.69) is 19.2 Å². The molecule has 2 atom stereocenters. The van der Waals surface area contributed by atoms with Crippen molar-refractivity contribution in [1.82, 2.24) is 15.1 Å². The molecule has 0 unspecified atom stereocenters. The number of rotatable bonds is 2. The van der Waals surface area contributed by atoms with Crippen LogP contribution in [-0.2, 0) is 4.79 Å². The highest BCUT2D eigenvalue weighted by Gasteiger charge is 2.30. The standard InChI is InChI=1S/C17H31N3O2/c1-13(2)15-7-4-5-8-16(15)18-17(22)20-10-6-9-19(11-12-20)14(3)21/h13,15-16H,4-12H2,1-3H3,(H,18,22)/t15-,16-/m0/s1. The molecule has 0 aromatic carbocycles. The van der Waals surface area contributed by atoms with Crippen LogP contribution >= 0.6 is 0 Å². The number of nitrogens with one attached hydrogen (secondary N) is 1. The van der Waals surface area contributed by atoms with Crippen molar-refractivity contribution in [2.24, 2.45) is 11.8 Å². The lowest BCUT2D eigenvalue weighted by molar-refractivity contribution is -0.128. The van der Waals surface area contributed by atoms with Crippen LogP contribution in [0.3, 0.4) is 0 Å². The van der Waals surface area contributed by atoms with Crippen LogP contribution in [0.5, 0.6) is 0 Å². The third-order valence-electron chi connectivity index (χ3n) is 5.21. The number of carbonyl (C=O) groups is 2. The first-order chi connectivity index (χ1) is 10.5. The second-order valence-electron chi connectivity index (χ2n) is 7.09. The molecule has 1 aliphatic carbocycles. The topological polar surface area (TPSA) is 52.7 Å². The summed E-state index contributed by atoms with van der Waals surface area (Å²) in [6, 6.07) is 0.372. The summed E-state index contributed by atoms with van der Waals surface area (Å²) in [5.74, 6) is 1.32. The van der Waals surface area contributed by atoms with Crippen molar-refractivity contribution < 1.29 is 9.59 Å². The Bertz CT molecular complexity index is 397. The molecule has 3 amide bonds. The zero-order valence-corrected chi connectivity index (χ0v) is 14.3. The Morgan fingerprint density at radius 3 is 2.27 bits per heavy atom. The van der Waals surface area contributed by atoms with Crippen LogP contribution in [0.25, 0.3) is 0 Å². The minimum Gasteiger partial charge on any atom is -0.341 e. The number of nitrogens with zero attached hydrogens (tertiary/aromatic N) is 2. The molecule has 2 rings (SSSR count). The van der Waals surface area contributed by atoms with E-state index in [1.165, 1.54) is 19.3 Å². The van der Waals surface area contributed by atoms with E-state index in [4.69, 9.17) is 0 Å². The van der Waals surface area contributed by atoms with Crippen molar-refractivity contribution in [2.75, 3.05) is 26.2 Å². The van der Waals surface area contributed by atoms with Gasteiger partial charge in [-0.3, -0.25) is 4.79 Å². The Hall–Kier alpha value is -1.26. The molecule has 0 bridgehead atoms. The lowest BCUT2D eigenvalue weighted by atomic mass is 9.78. The molecular weight excluding hydrogens is 278 g/mol. The van der Waals surface area contributed by atoms with Gasteiger partial charge in [-0.1, -0.05) is 26.7 Å². The summed E-state index contributed by atoms with van der Waals surface area (Å²) >= 11 is 0. The summed E-state index contributed by atoms with van der Waals surface area (Å²) in [6.45, 7) is 8.92. The van der Waals surface area contributed by atoms with E-state index in [-0.39, 0.29) is 11.9 Å². The van der Waals surface area contributed by atoms with Crippen molar-refractivity contribution in [3.05, 3.63) is 0 Å². The number of carbonyl (C=O) groups excluding carboxylic acids is 2. The fraction of sp³-hybridized carbons (Fsp3) is 0.882. The van der Waals surface area contributed by atoms with Gasteiger partial charge in [-0.15, -0.1) is 0 Å². The summed E-state index contributed by atoms with van der Waals surface area (Å²) in [7, 11) is 0. The summed E-state index contributed by atoms with van der Waals surface area (Å²) in [5.41, 5.74) is 0. The molecule has 2 aliphatic rings.